The van der Waals surface area contributed by atoms with Crippen molar-refractivity contribution in [2.24, 2.45) is 0 Å². The second kappa shape index (κ2) is 9.38. The number of carbonyl (C=O) groups is 3. The van der Waals surface area contributed by atoms with Crippen LogP contribution >= 0.6 is 0 Å². The van der Waals surface area contributed by atoms with Crippen LogP contribution in [0.1, 0.15) is 50.9 Å². The Morgan fingerprint density at radius 3 is 2.15 bits per heavy atom. The number of alkyl carbamates (subject to hydrolysis) is 1. The van der Waals surface area contributed by atoms with Gasteiger partial charge in [0.15, 0.2) is 5.78 Å². The number of hydrogen-bond donors (Lipinski definition) is 1. The lowest BCUT2D eigenvalue weighted by Crippen LogP contribution is -2.44. The van der Waals surface area contributed by atoms with Crippen molar-refractivity contribution in [1.82, 2.24) is 5.32 Å². The first-order valence-electron chi connectivity index (χ1n) is 8.28. The molecule has 9 heteroatoms. The maximum absolute atomic E-state index is 13.7. The highest BCUT2D eigenvalue weighted by Crippen LogP contribution is 2.18. The molecule has 0 heterocycles. The number of benzene rings is 1. The van der Waals surface area contributed by atoms with Gasteiger partial charge in [-0.3, -0.25) is 4.79 Å². The van der Waals surface area contributed by atoms with E-state index in [0.717, 1.165) is 0 Å². The number of carbonyl (C=O) groups excluding carboxylic acids is 3. The molecule has 0 aliphatic heterocycles. The van der Waals surface area contributed by atoms with E-state index < -0.39 is 58.9 Å². The predicted octanol–water partition coefficient (Wildman–Crippen LogP) is 3.52. The highest BCUT2D eigenvalue weighted by Gasteiger charge is 2.27. The maximum atomic E-state index is 13.7. The first-order valence-corrected chi connectivity index (χ1v) is 8.28. The Morgan fingerprint density at radius 1 is 1.11 bits per heavy atom. The highest BCUT2D eigenvalue weighted by atomic mass is 19.1. The molecule has 1 aromatic rings. The van der Waals surface area contributed by atoms with E-state index in [1.807, 2.05) is 0 Å². The Balaban J connectivity index is 2.86. The number of halogens is 3. The molecule has 0 aromatic heterocycles. The Kier molecular flexibility index (Phi) is 7.81. The van der Waals surface area contributed by atoms with Gasteiger partial charge < -0.3 is 14.8 Å². The van der Waals surface area contributed by atoms with E-state index >= 15 is 0 Å². The maximum Gasteiger partial charge on any atom is 0.408 e. The van der Waals surface area contributed by atoms with E-state index in [-0.39, 0.29) is 13.0 Å². The van der Waals surface area contributed by atoms with Gasteiger partial charge in [0.2, 0.25) is 0 Å². The lowest BCUT2D eigenvalue weighted by Gasteiger charge is -2.22. The van der Waals surface area contributed by atoms with Crippen LogP contribution in [0.3, 0.4) is 0 Å². The molecule has 0 fully saturated rings. The zero-order valence-corrected chi connectivity index (χ0v) is 15.5. The normalized spacial score (nSPS) is 12.3. The van der Waals surface area contributed by atoms with Crippen molar-refractivity contribution in [2.45, 2.75) is 52.2 Å². The number of ketones is 1. The Labute approximate surface area is 155 Å². The first-order chi connectivity index (χ1) is 12.4. The average Bonchev–Trinajstić information content (AvgIpc) is 2.48. The molecule has 0 unspecified atom stereocenters. The molecule has 1 rings (SSSR count). The van der Waals surface area contributed by atoms with Crippen LogP contribution in [0.25, 0.3) is 0 Å². The monoisotopic (exact) mass is 389 g/mol. The molecule has 27 heavy (non-hydrogen) atoms. The fraction of sp³-hybridized carbons (Fsp3) is 0.500. The van der Waals surface area contributed by atoms with Crippen molar-refractivity contribution in [3.05, 3.63) is 35.1 Å². The fourth-order valence-corrected chi connectivity index (χ4v) is 2.15. The van der Waals surface area contributed by atoms with Gasteiger partial charge in [-0.1, -0.05) is 0 Å². The Hall–Kier alpha value is -2.58. The number of nitrogens with one attached hydrogen (secondary N) is 1. The van der Waals surface area contributed by atoms with Crippen molar-refractivity contribution < 1.29 is 37.0 Å². The molecule has 0 spiro atoms. The number of amides is 1. The van der Waals surface area contributed by atoms with Gasteiger partial charge in [-0.05, 0) is 34.1 Å². The summed E-state index contributed by atoms with van der Waals surface area (Å²) in [6, 6.07) is -0.480. The molecule has 1 N–H and O–H groups in total. The summed E-state index contributed by atoms with van der Waals surface area (Å²) in [5.74, 6) is -5.64. The van der Waals surface area contributed by atoms with Crippen molar-refractivity contribution >= 4 is 17.8 Å². The molecule has 0 aliphatic rings. The van der Waals surface area contributed by atoms with E-state index in [1.54, 1.807) is 27.7 Å². The van der Waals surface area contributed by atoms with E-state index in [0.29, 0.717) is 12.1 Å². The zero-order valence-electron chi connectivity index (χ0n) is 15.5. The van der Waals surface area contributed by atoms with Crippen LogP contribution in [-0.2, 0) is 14.3 Å². The quantitative estimate of drug-likeness (QED) is 0.570. The highest BCUT2D eigenvalue weighted by molar-refractivity contribution is 5.97. The Bertz CT molecular complexity index is 692. The van der Waals surface area contributed by atoms with Crippen LogP contribution in [0.5, 0.6) is 0 Å². The predicted molar refractivity (Wildman–Crippen MR) is 89.7 cm³/mol. The summed E-state index contributed by atoms with van der Waals surface area (Å²) in [5.41, 5.74) is -1.73. The van der Waals surface area contributed by atoms with Crippen molar-refractivity contribution in [3.63, 3.8) is 0 Å². The van der Waals surface area contributed by atoms with Gasteiger partial charge in [-0.2, -0.15) is 0 Å². The van der Waals surface area contributed by atoms with Crippen molar-refractivity contribution in [3.8, 4) is 0 Å². The van der Waals surface area contributed by atoms with Crippen LogP contribution in [-0.4, -0.2) is 36.1 Å². The number of rotatable bonds is 7. The van der Waals surface area contributed by atoms with E-state index in [1.165, 1.54) is 0 Å². The van der Waals surface area contributed by atoms with E-state index in [4.69, 9.17) is 9.47 Å². The summed E-state index contributed by atoms with van der Waals surface area (Å²) in [7, 11) is 0. The average molecular weight is 389 g/mol. The number of esters is 1. The zero-order chi connectivity index (χ0) is 20.8. The largest absolute Gasteiger partial charge is 0.464 e. The summed E-state index contributed by atoms with van der Waals surface area (Å²) in [5, 5.41) is 2.27. The van der Waals surface area contributed by atoms with Crippen molar-refractivity contribution in [1.29, 1.82) is 0 Å². The number of hydrogen-bond acceptors (Lipinski definition) is 5. The van der Waals surface area contributed by atoms with Gasteiger partial charge in [0, 0.05) is 18.6 Å². The summed E-state index contributed by atoms with van der Waals surface area (Å²) in [4.78, 5) is 35.9. The first kappa shape index (κ1) is 22.5. The summed E-state index contributed by atoms with van der Waals surface area (Å²) in [6.45, 7) is 6.44. The van der Waals surface area contributed by atoms with Crippen LogP contribution in [0.4, 0.5) is 18.0 Å². The third-order valence-corrected chi connectivity index (χ3v) is 3.21. The molecule has 0 bridgehead atoms. The number of Topliss-reactive ketones (excluding diaryl/α,β-unsaturated/α-hetero) is 1. The third kappa shape index (κ3) is 7.28. The second-order valence-electron chi connectivity index (χ2n) is 6.66. The summed E-state index contributed by atoms with van der Waals surface area (Å²) < 4.78 is 50.2. The lowest BCUT2D eigenvalue weighted by atomic mass is 10.0. The van der Waals surface area contributed by atoms with Crippen LogP contribution in [0, 0.1) is 17.5 Å². The van der Waals surface area contributed by atoms with E-state index in [9.17, 15) is 27.6 Å². The molecule has 0 aliphatic carbocycles. The molecule has 150 valence electrons. The molecular weight excluding hydrogens is 367 g/mol. The van der Waals surface area contributed by atoms with Crippen LogP contribution in [0.2, 0.25) is 0 Å². The molecule has 1 atom stereocenters. The van der Waals surface area contributed by atoms with E-state index in [2.05, 4.69) is 5.32 Å². The molecule has 1 aromatic carbocycles. The minimum Gasteiger partial charge on any atom is -0.464 e. The molecular formula is C18H22F3NO5. The smallest absolute Gasteiger partial charge is 0.408 e. The molecule has 0 saturated carbocycles. The van der Waals surface area contributed by atoms with Gasteiger partial charge in [0.1, 0.15) is 29.1 Å². The van der Waals surface area contributed by atoms with Gasteiger partial charge in [0.05, 0.1) is 12.2 Å². The summed E-state index contributed by atoms with van der Waals surface area (Å²) in [6.07, 6.45) is -1.68. The van der Waals surface area contributed by atoms with Gasteiger partial charge in [-0.25, -0.2) is 22.8 Å². The van der Waals surface area contributed by atoms with Gasteiger partial charge in [0.25, 0.3) is 0 Å². The van der Waals surface area contributed by atoms with Gasteiger partial charge in [-0.15, -0.1) is 0 Å². The minimum absolute atomic E-state index is 0.0283. The summed E-state index contributed by atoms with van der Waals surface area (Å²) >= 11 is 0. The molecule has 1 amide bonds. The second-order valence-corrected chi connectivity index (χ2v) is 6.66. The fourth-order valence-electron chi connectivity index (χ4n) is 2.15. The Morgan fingerprint density at radius 2 is 1.67 bits per heavy atom. The number of ether oxygens (including phenoxy) is 2. The van der Waals surface area contributed by atoms with Crippen molar-refractivity contribution in [2.75, 3.05) is 6.61 Å². The van der Waals surface area contributed by atoms with Crippen LogP contribution in [0.15, 0.2) is 12.1 Å². The minimum atomic E-state index is -1.34. The van der Waals surface area contributed by atoms with Crippen LogP contribution < -0.4 is 5.32 Å². The standard InChI is InChI=1S/C18H22F3NO5/c1-5-26-16(24)13(22-17(25)27-18(2,3)4)6-7-14(23)15-11(20)8-10(19)9-12(15)21/h8-9,13H,5-7H2,1-4H3,(H,22,25)/t13-/m1/s1. The third-order valence-electron chi connectivity index (χ3n) is 3.21. The van der Waals surface area contributed by atoms with Gasteiger partial charge >= 0.3 is 12.1 Å². The topological polar surface area (TPSA) is 81.7 Å². The molecule has 0 radical (unpaired) electrons. The molecule has 6 nitrogen and oxygen atoms in total. The SMILES string of the molecule is CCOC(=O)[C@@H](CCC(=O)c1c(F)cc(F)cc1F)NC(=O)OC(C)(C)C. The lowest BCUT2D eigenvalue weighted by molar-refractivity contribution is -0.145. The molecule has 0 saturated heterocycles.